The van der Waals surface area contributed by atoms with E-state index in [1.165, 1.54) is 6.20 Å². The molecule has 3 aromatic rings. The number of hydrogen-bond acceptors (Lipinski definition) is 3. The van der Waals surface area contributed by atoms with Crippen LogP contribution in [-0.2, 0) is 0 Å². The van der Waals surface area contributed by atoms with Gasteiger partial charge in [0.1, 0.15) is 0 Å². The number of carboxylic acids is 1. The predicted molar refractivity (Wildman–Crippen MR) is 66.0 cm³/mol. The van der Waals surface area contributed by atoms with Gasteiger partial charge in [-0.1, -0.05) is 0 Å². The van der Waals surface area contributed by atoms with Crippen molar-refractivity contribution in [2.24, 2.45) is 0 Å². The summed E-state index contributed by atoms with van der Waals surface area (Å²) in [5, 5.41) is 16.8. The van der Waals surface area contributed by atoms with Crippen molar-refractivity contribution in [2.45, 2.75) is 0 Å². The number of aromatic nitrogens is 4. The van der Waals surface area contributed by atoms with Crippen molar-refractivity contribution in [3.63, 3.8) is 0 Å². The van der Waals surface area contributed by atoms with Gasteiger partial charge in [0.25, 0.3) is 0 Å². The van der Waals surface area contributed by atoms with E-state index in [0.29, 0.717) is 5.82 Å². The Bertz CT molecular complexity index is 746. The number of aromatic amines is 2. The molecular formula is C11H7AsN4O2. The third kappa shape index (κ3) is 1.71. The van der Waals surface area contributed by atoms with Crippen molar-refractivity contribution in [1.82, 2.24) is 20.2 Å². The normalized spacial score (nSPS) is 10.9. The van der Waals surface area contributed by atoms with E-state index in [1.54, 1.807) is 0 Å². The minimum absolute atomic E-state index is 0.0739. The summed E-state index contributed by atoms with van der Waals surface area (Å²) < 4.78 is 0.907. The van der Waals surface area contributed by atoms with E-state index in [-0.39, 0.29) is 5.69 Å². The maximum absolute atomic E-state index is 10.8. The van der Waals surface area contributed by atoms with Crippen LogP contribution in [0.4, 0.5) is 0 Å². The molecule has 3 rings (SSSR count). The fourth-order valence-corrected chi connectivity index (χ4v) is 2.20. The number of carbonyl (C=O) groups is 1. The van der Waals surface area contributed by atoms with Crippen LogP contribution in [0, 0.1) is 0 Å². The second-order valence-corrected chi connectivity index (χ2v) is 4.69. The number of H-pyrrole nitrogens is 2. The van der Waals surface area contributed by atoms with Gasteiger partial charge in [0, 0.05) is 0 Å². The van der Waals surface area contributed by atoms with E-state index >= 15 is 0 Å². The Morgan fingerprint density at radius 3 is 2.94 bits per heavy atom. The first kappa shape index (κ1) is 11.0. The second kappa shape index (κ2) is 3.99. The molecule has 0 fully saturated rings. The molecule has 1 aromatic carbocycles. The van der Waals surface area contributed by atoms with E-state index in [0.717, 1.165) is 20.9 Å². The zero-order valence-corrected chi connectivity index (χ0v) is 10.9. The first-order valence-electron chi connectivity index (χ1n) is 5.11. The monoisotopic (exact) mass is 302 g/mol. The molecule has 0 unspecified atom stereocenters. The fraction of sp³-hybridized carbons (Fsp3) is 0. The zero-order chi connectivity index (χ0) is 12.7. The Morgan fingerprint density at radius 1 is 1.39 bits per heavy atom. The van der Waals surface area contributed by atoms with Gasteiger partial charge in [0.2, 0.25) is 0 Å². The van der Waals surface area contributed by atoms with Crippen LogP contribution in [0.3, 0.4) is 0 Å². The molecule has 0 atom stereocenters. The topological polar surface area (TPSA) is 94.7 Å². The number of fused-ring (bicyclic) bond motifs is 1. The summed E-state index contributed by atoms with van der Waals surface area (Å²) in [4.78, 5) is 17.6. The SMILES string of the molecule is O=C(O)c1cnc(-c2ccc3n[nH]c([As])c3c2)[nH]1. The van der Waals surface area contributed by atoms with Gasteiger partial charge in [-0.15, -0.1) is 0 Å². The molecular weight excluding hydrogens is 295 g/mol. The van der Waals surface area contributed by atoms with Crippen molar-refractivity contribution in [3.05, 3.63) is 30.1 Å². The Kier molecular flexibility index (Phi) is 2.45. The van der Waals surface area contributed by atoms with Crippen molar-refractivity contribution >= 4 is 38.2 Å². The molecule has 0 aliphatic heterocycles. The maximum atomic E-state index is 10.8. The third-order valence-corrected chi connectivity index (χ3v) is 3.33. The van der Waals surface area contributed by atoms with Gasteiger partial charge in [0.05, 0.1) is 0 Å². The van der Waals surface area contributed by atoms with Crippen LogP contribution < -0.4 is 4.48 Å². The molecule has 0 saturated heterocycles. The van der Waals surface area contributed by atoms with Crippen LogP contribution in [0.15, 0.2) is 24.4 Å². The van der Waals surface area contributed by atoms with Crippen LogP contribution in [0.2, 0.25) is 0 Å². The molecule has 2 heterocycles. The Balaban J connectivity index is 2.12. The van der Waals surface area contributed by atoms with Crippen LogP contribution in [0.25, 0.3) is 22.3 Å². The number of carboxylic acid groups (broad SMARTS) is 1. The van der Waals surface area contributed by atoms with Gasteiger partial charge < -0.3 is 0 Å². The van der Waals surface area contributed by atoms with E-state index < -0.39 is 5.97 Å². The zero-order valence-electron chi connectivity index (χ0n) is 9.01. The van der Waals surface area contributed by atoms with Gasteiger partial charge >= 0.3 is 110 Å². The van der Waals surface area contributed by atoms with E-state index in [9.17, 15) is 4.79 Å². The number of hydrogen-bond donors (Lipinski definition) is 3. The standard InChI is InChI=1S/C11H7AsN4O2/c12-9-6-3-5(1-2-7(6)15-16-9)10-13-4-8(14-10)11(17)18/h1-4H,(H,13,14)(H,15,16)(H,17,18). The molecule has 7 heteroatoms. The Labute approximate surface area is 110 Å². The number of imidazole rings is 1. The average Bonchev–Trinajstić information content (AvgIpc) is 2.96. The van der Waals surface area contributed by atoms with Crippen molar-refractivity contribution in [3.8, 4) is 11.4 Å². The summed E-state index contributed by atoms with van der Waals surface area (Å²) >= 11 is 2.41. The number of nitrogens with zero attached hydrogens (tertiary/aromatic N) is 2. The fourth-order valence-electron chi connectivity index (χ4n) is 1.72. The van der Waals surface area contributed by atoms with Crippen LogP contribution >= 0.6 is 0 Å². The summed E-state index contributed by atoms with van der Waals surface area (Å²) in [6.45, 7) is 0. The van der Waals surface area contributed by atoms with Gasteiger partial charge in [-0.3, -0.25) is 0 Å². The van der Waals surface area contributed by atoms with Gasteiger partial charge in [-0.25, -0.2) is 0 Å². The average molecular weight is 302 g/mol. The van der Waals surface area contributed by atoms with Gasteiger partial charge in [-0.2, -0.15) is 0 Å². The van der Waals surface area contributed by atoms with Gasteiger partial charge in [-0.05, 0) is 0 Å². The predicted octanol–water partition coefficient (Wildman–Crippen LogP) is 0.445. The van der Waals surface area contributed by atoms with Crippen molar-refractivity contribution < 1.29 is 9.90 Å². The molecule has 0 spiro atoms. The molecule has 0 bridgehead atoms. The first-order chi connectivity index (χ1) is 8.65. The Hall–Kier alpha value is -2.07. The van der Waals surface area contributed by atoms with Gasteiger partial charge in [0.15, 0.2) is 0 Å². The summed E-state index contributed by atoms with van der Waals surface area (Å²) in [6, 6.07) is 5.62. The molecule has 2 radical (unpaired) electrons. The first-order valence-corrected chi connectivity index (χ1v) is 6.05. The van der Waals surface area contributed by atoms with Crippen molar-refractivity contribution in [1.29, 1.82) is 0 Å². The molecule has 0 aliphatic rings. The molecule has 0 saturated carbocycles. The number of aromatic carboxylic acids is 1. The summed E-state index contributed by atoms with van der Waals surface area (Å²) in [7, 11) is 0. The molecule has 3 N–H and O–H groups in total. The molecule has 0 aliphatic carbocycles. The molecule has 18 heavy (non-hydrogen) atoms. The van der Waals surface area contributed by atoms with E-state index in [1.807, 2.05) is 18.2 Å². The van der Waals surface area contributed by atoms with Crippen molar-refractivity contribution in [2.75, 3.05) is 0 Å². The molecule has 88 valence electrons. The molecule has 0 amide bonds. The summed E-state index contributed by atoms with van der Waals surface area (Å²) in [5.74, 6) is -0.492. The quantitative estimate of drug-likeness (QED) is 0.599. The van der Waals surface area contributed by atoms with Crippen LogP contribution in [0.1, 0.15) is 10.5 Å². The van der Waals surface area contributed by atoms with E-state index in [2.05, 4.69) is 37.0 Å². The number of rotatable bonds is 2. The Morgan fingerprint density at radius 2 is 2.22 bits per heavy atom. The van der Waals surface area contributed by atoms with E-state index in [4.69, 9.17) is 5.11 Å². The number of benzene rings is 1. The number of nitrogens with one attached hydrogen (secondary N) is 2. The summed E-state index contributed by atoms with van der Waals surface area (Å²) in [6.07, 6.45) is 1.31. The molecule has 2 aromatic heterocycles. The van der Waals surface area contributed by atoms with Crippen LogP contribution in [0.5, 0.6) is 0 Å². The third-order valence-electron chi connectivity index (χ3n) is 2.61. The molecule has 6 nitrogen and oxygen atoms in total. The summed E-state index contributed by atoms with van der Waals surface area (Å²) in [5.41, 5.74) is 1.76. The van der Waals surface area contributed by atoms with Crippen LogP contribution in [-0.4, -0.2) is 48.1 Å². The minimum atomic E-state index is -1.02. The second-order valence-electron chi connectivity index (χ2n) is 3.75.